The minimum Gasteiger partial charge on any atom is -0.508 e. The van der Waals surface area contributed by atoms with Crippen LogP contribution in [0.2, 0.25) is 0 Å². The predicted octanol–water partition coefficient (Wildman–Crippen LogP) is -3.17. The highest BCUT2D eigenvalue weighted by molar-refractivity contribution is 7.98. The van der Waals surface area contributed by atoms with Gasteiger partial charge in [-0.1, -0.05) is 12.1 Å². The maximum atomic E-state index is 13.8. The number of aliphatic carboxylic acids is 1. The standard InChI is InChI=1S/C34H51N9O11S/c1-55-16-14-23(34(53)54)41-31(50)24(17-18-4-6-19(44)7-5-18)42-30(49)21(9-12-27(37)46)39-32(51)25-3-2-15-43(25)33(52)22(10-13-28(38)47)40-29(48)20(35)8-11-26(36)45/h4-7,20-25,44H,2-3,8-17,35H2,1H3,(H2,36,45)(H2,37,46)(H2,38,47)(H,39,51)(H,40,48)(H,41,50)(H,42,49)(H,53,54)/t20-,21-,22-,23-,24-,25-/m0/s1. The third-order valence-corrected chi connectivity index (χ3v) is 9.36. The van der Waals surface area contributed by atoms with Crippen molar-refractivity contribution in [1.29, 1.82) is 0 Å². The van der Waals surface area contributed by atoms with Crippen molar-refractivity contribution in [2.75, 3.05) is 18.6 Å². The van der Waals surface area contributed by atoms with Crippen LogP contribution in [-0.4, -0.2) is 123 Å². The Balaban J connectivity index is 2.33. The molecule has 1 saturated heterocycles. The first-order valence-corrected chi connectivity index (χ1v) is 18.9. The number of amides is 8. The van der Waals surface area contributed by atoms with E-state index >= 15 is 0 Å². The van der Waals surface area contributed by atoms with Crippen LogP contribution >= 0.6 is 11.8 Å². The molecule has 0 aliphatic carbocycles. The number of carbonyl (C=O) groups is 9. The summed E-state index contributed by atoms with van der Waals surface area (Å²) in [6.07, 6.45) is 0.640. The smallest absolute Gasteiger partial charge is 0.326 e. The Morgan fingerprint density at radius 3 is 1.84 bits per heavy atom. The zero-order chi connectivity index (χ0) is 41.2. The first kappa shape index (κ1) is 45.7. The van der Waals surface area contributed by atoms with E-state index in [1.54, 1.807) is 6.26 Å². The van der Waals surface area contributed by atoms with Crippen molar-refractivity contribution in [2.24, 2.45) is 22.9 Å². The maximum absolute atomic E-state index is 13.8. The lowest BCUT2D eigenvalue weighted by Crippen LogP contribution is -2.59. The van der Waals surface area contributed by atoms with Crippen molar-refractivity contribution >= 4 is 65.0 Å². The van der Waals surface area contributed by atoms with Gasteiger partial charge < -0.3 is 59.3 Å². The molecule has 1 aromatic rings. The summed E-state index contributed by atoms with van der Waals surface area (Å²) in [5.74, 6) is -7.32. The number of nitrogens with one attached hydrogen (secondary N) is 4. The summed E-state index contributed by atoms with van der Waals surface area (Å²) in [6, 6.07) is -2.14. The Morgan fingerprint density at radius 1 is 0.745 bits per heavy atom. The Morgan fingerprint density at radius 2 is 1.27 bits per heavy atom. The van der Waals surface area contributed by atoms with E-state index in [-0.39, 0.29) is 70.1 Å². The molecule has 1 heterocycles. The lowest BCUT2D eigenvalue weighted by atomic mass is 10.0. The van der Waals surface area contributed by atoms with Gasteiger partial charge in [0.05, 0.1) is 6.04 Å². The van der Waals surface area contributed by atoms with E-state index in [2.05, 4.69) is 21.3 Å². The molecule has 304 valence electrons. The molecule has 0 saturated carbocycles. The van der Waals surface area contributed by atoms with Gasteiger partial charge in [-0.05, 0) is 68.2 Å². The molecule has 0 bridgehead atoms. The van der Waals surface area contributed by atoms with Crippen LogP contribution in [0.5, 0.6) is 5.75 Å². The number of carbonyl (C=O) groups excluding carboxylic acids is 8. The Labute approximate surface area is 321 Å². The number of phenols is 1. The highest BCUT2D eigenvalue weighted by atomic mass is 32.2. The molecule has 1 fully saturated rings. The van der Waals surface area contributed by atoms with Crippen molar-refractivity contribution in [3.05, 3.63) is 29.8 Å². The number of benzene rings is 1. The van der Waals surface area contributed by atoms with Gasteiger partial charge in [-0.3, -0.25) is 38.4 Å². The van der Waals surface area contributed by atoms with Crippen LogP contribution in [0.1, 0.15) is 63.4 Å². The predicted molar refractivity (Wildman–Crippen MR) is 198 cm³/mol. The fourth-order valence-electron chi connectivity index (χ4n) is 5.69. The number of nitrogens with two attached hydrogens (primary N) is 4. The monoisotopic (exact) mass is 793 g/mol. The third-order valence-electron chi connectivity index (χ3n) is 8.72. The molecule has 14 N–H and O–H groups in total. The van der Waals surface area contributed by atoms with Gasteiger partial charge in [0.25, 0.3) is 0 Å². The van der Waals surface area contributed by atoms with Gasteiger partial charge >= 0.3 is 5.97 Å². The summed E-state index contributed by atoms with van der Waals surface area (Å²) < 4.78 is 0. The molecule has 0 spiro atoms. The normalized spacial score (nSPS) is 16.4. The number of hydrogen-bond acceptors (Lipinski definition) is 12. The van der Waals surface area contributed by atoms with E-state index in [0.717, 1.165) is 0 Å². The van der Waals surface area contributed by atoms with E-state index in [9.17, 15) is 53.4 Å². The number of aromatic hydroxyl groups is 1. The minimum atomic E-state index is -1.46. The molecule has 21 heteroatoms. The molecule has 0 unspecified atom stereocenters. The van der Waals surface area contributed by atoms with Crippen LogP contribution < -0.4 is 44.2 Å². The first-order valence-electron chi connectivity index (χ1n) is 17.6. The molecule has 0 radical (unpaired) electrons. The zero-order valence-corrected chi connectivity index (χ0v) is 31.3. The summed E-state index contributed by atoms with van der Waals surface area (Å²) >= 11 is 1.37. The van der Waals surface area contributed by atoms with Crippen LogP contribution in [-0.2, 0) is 49.6 Å². The molecule has 0 aromatic heterocycles. The molecule has 20 nitrogen and oxygen atoms in total. The fourth-order valence-corrected chi connectivity index (χ4v) is 6.16. The van der Waals surface area contributed by atoms with Crippen molar-refractivity contribution in [3.8, 4) is 5.75 Å². The number of phenolic OH excluding ortho intramolecular Hbond substituents is 1. The van der Waals surface area contributed by atoms with Gasteiger partial charge in [0.2, 0.25) is 47.3 Å². The van der Waals surface area contributed by atoms with Crippen molar-refractivity contribution < 1.29 is 53.4 Å². The summed E-state index contributed by atoms with van der Waals surface area (Å²) in [7, 11) is 0. The number of rotatable bonds is 24. The van der Waals surface area contributed by atoms with Crippen molar-refractivity contribution in [1.82, 2.24) is 26.2 Å². The van der Waals surface area contributed by atoms with E-state index in [1.165, 1.54) is 40.9 Å². The van der Waals surface area contributed by atoms with E-state index in [0.29, 0.717) is 17.7 Å². The summed E-state index contributed by atoms with van der Waals surface area (Å²) in [6.45, 7) is 0.0574. The lowest BCUT2D eigenvalue weighted by Gasteiger charge is -2.30. The number of likely N-dealkylation sites (tertiary alicyclic amines) is 1. The average Bonchev–Trinajstić information content (AvgIpc) is 3.62. The highest BCUT2D eigenvalue weighted by Gasteiger charge is 2.40. The van der Waals surface area contributed by atoms with E-state index < -0.39 is 89.5 Å². The molecule has 2 rings (SSSR count). The molecular weight excluding hydrogens is 742 g/mol. The second kappa shape index (κ2) is 22.7. The van der Waals surface area contributed by atoms with Crippen LogP contribution in [0, 0.1) is 0 Å². The minimum absolute atomic E-state index is 0.0574. The van der Waals surface area contributed by atoms with Crippen LogP contribution in [0.3, 0.4) is 0 Å². The summed E-state index contributed by atoms with van der Waals surface area (Å²) in [4.78, 5) is 115. The quantitative estimate of drug-likeness (QED) is 0.0494. The zero-order valence-electron chi connectivity index (χ0n) is 30.5. The van der Waals surface area contributed by atoms with Gasteiger partial charge in [0.15, 0.2) is 0 Å². The highest BCUT2D eigenvalue weighted by Crippen LogP contribution is 2.21. The molecule has 8 amide bonds. The Hall–Kier alpha value is -5.44. The van der Waals surface area contributed by atoms with Gasteiger partial charge in [-0.2, -0.15) is 11.8 Å². The number of thioether (sulfide) groups is 1. The number of carboxylic acid groups (broad SMARTS) is 1. The molecule has 1 aliphatic rings. The van der Waals surface area contributed by atoms with Crippen LogP contribution in [0.15, 0.2) is 24.3 Å². The number of nitrogens with zero attached hydrogens (tertiary/aromatic N) is 1. The fraction of sp³-hybridized carbons (Fsp3) is 0.559. The van der Waals surface area contributed by atoms with E-state index in [1.807, 2.05) is 0 Å². The second-order valence-electron chi connectivity index (χ2n) is 13.0. The number of carboxylic acids is 1. The van der Waals surface area contributed by atoms with E-state index in [4.69, 9.17) is 22.9 Å². The molecular formula is C34H51N9O11S. The molecule has 55 heavy (non-hydrogen) atoms. The van der Waals surface area contributed by atoms with Gasteiger partial charge in [-0.15, -0.1) is 0 Å². The van der Waals surface area contributed by atoms with Crippen LogP contribution in [0.4, 0.5) is 0 Å². The van der Waals surface area contributed by atoms with Gasteiger partial charge in [-0.25, -0.2) is 4.79 Å². The second-order valence-corrected chi connectivity index (χ2v) is 14.0. The lowest BCUT2D eigenvalue weighted by molar-refractivity contribution is -0.143. The van der Waals surface area contributed by atoms with Gasteiger partial charge in [0.1, 0.15) is 36.0 Å². The number of primary amides is 3. The van der Waals surface area contributed by atoms with Gasteiger partial charge in [0, 0.05) is 32.2 Å². The topological polar surface area (TPSA) is 350 Å². The Kier molecular flexibility index (Phi) is 18.9. The summed E-state index contributed by atoms with van der Waals surface area (Å²) in [5, 5.41) is 29.4. The largest absolute Gasteiger partial charge is 0.508 e. The first-order chi connectivity index (χ1) is 25.9. The van der Waals surface area contributed by atoms with Crippen molar-refractivity contribution in [2.45, 2.75) is 100 Å². The molecule has 1 aromatic carbocycles. The maximum Gasteiger partial charge on any atom is 0.326 e. The molecule has 1 aliphatic heterocycles. The van der Waals surface area contributed by atoms with Crippen molar-refractivity contribution in [3.63, 3.8) is 0 Å². The Bertz CT molecular complexity index is 1560. The average molecular weight is 794 g/mol. The SMILES string of the molecule is CSCC[C@H](NC(=O)[C@H](Cc1ccc(O)cc1)NC(=O)[C@H](CCC(N)=O)NC(=O)[C@@H]1CCCN1C(=O)[C@H](CCC(N)=O)NC(=O)[C@@H](N)CCC(N)=O)C(=O)O. The molecule has 6 atom stereocenters. The number of hydrogen-bond donors (Lipinski definition) is 10. The summed E-state index contributed by atoms with van der Waals surface area (Å²) in [5.41, 5.74) is 22.1. The third kappa shape index (κ3) is 15.8. The van der Waals surface area contributed by atoms with Crippen LogP contribution in [0.25, 0.3) is 0 Å².